The van der Waals surface area contributed by atoms with Crippen LogP contribution in [0.25, 0.3) is 0 Å². The third kappa shape index (κ3) is 4.25. The van der Waals surface area contributed by atoms with Gasteiger partial charge in [-0.2, -0.15) is 0 Å². The molecule has 0 radical (unpaired) electrons. The maximum atomic E-state index is 12.4. The van der Waals surface area contributed by atoms with E-state index < -0.39 is 0 Å². The molecule has 4 aliphatic carbocycles. The van der Waals surface area contributed by atoms with Gasteiger partial charge in [-0.25, -0.2) is 0 Å². The monoisotopic (exact) mass is 514 g/mol. The van der Waals surface area contributed by atoms with E-state index in [-0.39, 0.29) is 17.9 Å². The average Bonchev–Trinajstić information content (AvgIpc) is 3.31. The Bertz CT molecular complexity index is 847. The first kappa shape index (κ1) is 26.6. The van der Waals surface area contributed by atoms with Gasteiger partial charge in [0.25, 0.3) is 0 Å². The van der Waals surface area contributed by atoms with Crippen molar-refractivity contribution < 1.29 is 19.0 Å². The third-order valence-electron chi connectivity index (χ3n) is 13.2. The van der Waals surface area contributed by atoms with Crippen LogP contribution in [0, 0.1) is 52.3 Å². The summed E-state index contributed by atoms with van der Waals surface area (Å²) in [5, 5.41) is 0. The quantitative estimate of drug-likeness (QED) is 0.276. The van der Waals surface area contributed by atoms with Crippen LogP contribution in [0.4, 0.5) is 0 Å². The van der Waals surface area contributed by atoms with Gasteiger partial charge in [-0.15, -0.1) is 0 Å². The topological polar surface area (TPSA) is 44.8 Å². The highest BCUT2D eigenvalue weighted by atomic mass is 16.7. The molecule has 6 fully saturated rings. The third-order valence-corrected chi connectivity index (χ3v) is 13.2. The molecule has 2 saturated heterocycles. The fraction of sp³-hybridized carbons (Fsp3) is 0.970. The minimum Gasteiger partial charge on any atom is -0.462 e. The summed E-state index contributed by atoms with van der Waals surface area (Å²) < 4.78 is 19.5. The Morgan fingerprint density at radius 2 is 1.73 bits per heavy atom. The van der Waals surface area contributed by atoms with E-state index in [0.29, 0.717) is 41.1 Å². The summed E-state index contributed by atoms with van der Waals surface area (Å²) in [6, 6.07) is 0. The molecule has 4 saturated carbocycles. The Labute approximate surface area is 226 Å². The van der Waals surface area contributed by atoms with Gasteiger partial charge >= 0.3 is 5.97 Å². The summed E-state index contributed by atoms with van der Waals surface area (Å²) >= 11 is 0. The van der Waals surface area contributed by atoms with Crippen LogP contribution in [0.15, 0.2) is 0 Å². The molecule has 4 nitrogen and oxygen atoms in total. The van der Waals surface area contributed by atoms with Crippen molar-refractivity contribution in [2.24, 2.45) is 52.3 Å². The summed E-state index contributed by atoms with van der Waals surface area (Å²) in [6.45, 7) is 13.1. The van der Waals surface area contributed by atoms with E-state index in [4.69, 9.17) is 14.2 Å². The highest BCUT2D eigenvalue weighted by Gasteiger charge is 2.69. The molecule has 0 bridgehead atoms. The largest absolute Gasteiger partial charge is 0.462 e. The first-order valence-corrected chi connectivity index (χ1v) is 16.2. The van der Waals surface area contributed by atoms with Crippen molar-refractivity contribution in [3.8, 4) is 0 Å². The van der Waals surface area contributed by atoms with Gasteiger partial charge in [0.1, 0.15) is 6.10 Å². The van der Waals surface area contributed by atoms with Gasteiger partial charge < -0.3 is 14.2 Å². The molecule has 12 atom stereocenters. The fourth-order valence-corrected chi connectivity index (χ4v) is 11.1. The molecular weight excluding hydrogens is 460 g/mol. The minimum absolute atomic E-state index is 0.0463. The first-order chi connectivity index (χ1) is 17.7. The van der Waals surface area contributed by atoms with E-state index in [9.17, 15) is 4.79 Å². The number of hydrogen-bond acceptors (Lipinski definition) is 4. The zero-order valence-electron chi connectivity index (χ0n) is 24.4. The van der Waals surface area contributed by atoms with Crippen LogP contribution in [0.1, 0.15) is 125 Å². The lowest BCUT2D eigenvalue weighted by atomic mass is 9.44. The van der Waals surface area contributed by atoms with Crippen LogP contribution in [0.2, 0.25) is 0 Å². The summed E-state index contributed by atoms with van der Waals surface area (Å²) in [5.74, 6) is 4.76. The summed E-state index contributed by atoms with van der Waals surface area (Å²) in [6.07, 6.45) is 16.8. The maximum Gasteiger partial charge on any atom is 0.306 e. The van der Waals surface area contributed by atoms with Crippen LogP contribution in [-0.4, -0.2) is 30.6 Å². The zero-order chi connectivity index (χ0) is 26.0. The normalized spacial score (nSPS) is 52.7. The second-order valence-corrected chi connectivity index (χ2v) is 15.0. The van der Waals surface area contributed by atoms with E-state index in [2.05, 4.69) is 34.6 Å². The number of hydrogen-bond donors (Lipinski definition) is 0. The van der Waals surface area contributed by atoms with E-state index >= 15 is 0 Å². The Hall–Kier alpha value is -0.610. The number of esters is 1. The number of rotatable bonds is 5. The second kappa shape index (κ2) is 9.79. The van der Waals surface area contributed by atoms with Crippen molar-refractivity contribution in [1.29, 1.82) is 0 Å². The number of unbranched alkanes of at least 4 members (excludes halogenated alkanes) is 2. The maximum absolute atomic E-state index is 12.4. The van der Waals surface area contributed by atoms with Crippen LogP contribution in [0.5, 0.6) is 0 Å². The molecule has 2 heterocycles. The lowest BCUT2D eigenvalue weighted by Gasteiger charge is -2.61. The highest BCUT2D eigenvalue weighted by Crippen LogP contribution is 2.71. The van der Waals surface area contributed by atoms with Crippen molar-refractivity contribution in [3.05, 3.63) is 0 Å². The van der Waals surface area contributed by atoms with Gasteiger partial charge in [-0.1, -0.05) is 47.5 Å². The van der Waals surface area contributed by atoms with Gasteiger partial charge in [-0.3, -0.25) is 4.79 Å². The lowest BCUT2D eigenvalue weighted by Crippen LogP contribution is -2.55. The fourth-order valence-electron chi connectivity index (χ4n) is 11.1. The van der Waals surface area contributed by atoms with Crippen LogP contribution in [0.3, 0.4) is 0 Å². The van der Waals surface area contributed by atoms with E-state index in [1.54, 1.807) is 0 Å². The molecule has 0 aromatic carbocycles. The van der Waals surface area contributed by atoms with E-state index in [1.165, 1.54) is 44.9 Å². The van der Waals surface area contributed by atoms with Gasteiger partial charge in [0.15, 0.2) is 5.79 Å². The molecule has 6 aliphatic rings. The van der Waals surface area contributed by atoms with Crippen molar-refractivity contribution in [3.63, 3.8) is 0 Å². The molecule has 0 aromatic heterocycles. The Balaban J connectivity index is 1.12. The van der Waals surface area contributed by atoms with Crippen LogP contribution < -0.4 is 0 Å². The molecule has 1 spiro atoms. The predicted molar refractivity (Wildman–Crippen MR) is 146 cm³/mol. The van der Waals surface area contributed by atoms with E-state index in [1.807, 2.05) is 0 Å². The predicted octanol–water partition coefficient (Wildman–Crippen LogP) is 7.93. The molecule has 210 valence electrons. The van der Waals surface area contributed by atoms with Crippen molar-refractivity contribution in [1.82, 2.24) is 0 Å². The second-order valence-electron chi connectivity index (χ2n) is 15.0. The molecule has 2 aliphatic heterocycles. The summed E-state index contributed by atoms with van der Waals surface area (Å²) in [7, 11) is 0. The lowest BCUT2D eigenvalue weighted by molar-refractivity contribution is -0.273. The summed E-state index contributed by atoms with van der Waals surface area (Å²) in [4.78, 5) is 12.4. The highest BCUT2D eigenvalue weighted by molar-refractivity contribution is 5.69. The number of ether oxygens (including phenoxy) is 3. The number of carbonyl (C=O) groups excluding carboxylic acids is 1. The van der Waals surface area contributed by atoms with Crippen molar-refractivity contribution >= 4 is 5.97 Å². The zero-order valence-corrected chi connectivity index (χ0v) is 24.4. The number of fused-ring (bicyclic) bond motifs is 7. The molecule has 6 rings (SSSR count). The molecule has 0 N–H and O–H groups in total. The van der Waals surface area contributed by atoms with Crippen LogP contribution >= 0.6 is 0 Å². The van der Waals surface area contributed by atoms with E-state index in [0.717, 1.165) is 68.8 Å². The molecule has 0 unspecified atom stereocenters. The molecular formula is C33H54O4. The Morgan fingerprint density at radius 3 is 2.49 bits per heavy atom. The van der Waals surface area contributed by atoms with Gasteiger partial charge in [0.2, 0.25) is 0 Å². The van der Waals surface area contributed by atoms with Crippen molar-refractivity contribution in [2.45, 2.75) is 143 Å². The average molecular weight is 515 g/mol. The van der Waals surface area contributed by atoms with Gasteiger partial charge in [-0.05, 0) is 111 Å². The first-order valence-electron chi connectivity index (χ1n) is 16.2. The standard InChI is InChI=1S/C33H54O4/c1-6-7-8-9-29(34)36-24-13-15-31(4)23(18-24)10-11-25-26(31)14-16-32(5)27(25)19-28-30(32)22(3)33(37-28)17-12-21(2)20-35-33/h21-28,30H,6-20H2,1-5H3/t21-,22+,23-,24+,25+,26+,27+,28-,30+,31-,32-,33+/m0/s1. The molecule has 0 amide bonds. The van der Waals surface area contributed by atoms with Gasteiger partial charge in [0, 0.05) is 18.8 Å². The Kier molecular flexibility index (Phi) is 7.04. The smallest absolute Gasteiger partial charge is 0.306 e. The molecule has 37 heavy (non-hydrogen) atoms. The van der Waals surface area contributed by atoms with Gasteiger partial charge in [0.05, 0.1) is 12.7 Å². The SMILES string of the molecule is CCCCCC(=O)O[C@@H]1CC[C@@]2(C)[C@@H](CC[C@@H]3[C@H]2CC[C@]2(C)[C@H]4[C@H](C[C@H]32)O[C@]2(CC[C@H](C)CO2)[C@@H]4C)C1. The molecule has 4 heteroatoms. The number of carbonyl (C=O) groups is 1. The van der Waals surface area contributed by atoms with Crippen LogP contribution in [-0.2, 0) is 19.0 Å². The minimum atomic E-state index is -0.303. The van der Waals surface area contributed by atoms with Crippen molar-refractivity contribution in [2.75, 3.05) is 6.61 Å². The summed E-state index contributed by atoms with van der Waals surface area (Å²) in [5.41, 5.74) is 0.818. The molecule has 0 aromatic rings. The Morgan fingerprint density at radius 1 is 0.919 bits per heavy atom.